The molecule has 1 atom stereocenters. The van der Waals surface area contributed by atoms with Crippen molar-refractivity contribution in [3.63, 3.8) is 0 Å². The summed E-state index contributed by atoms with van der Waals surface area (Å²) in [5.74, 6) is 1.47. The summed E-state index contributed by atoms with van der Waals surface area (Å²) in [5, 5.41) is 15.0. The number of benzene rings is 4. The average molecular weight is 735 g/mol. The molecule has 240 valence electrons. The van der Waals surface area contributed by atoms with Crippen LogP contribution in [0.3, 0.4) is 0 Å². The molecule has 0 fully saturated rings. The van der Waals surface area contributed by atoms with Crippen LogP contribution in [0.15, 0.2) is 91.0 Å². The van der Waals surface area contributed by atoms with Gasteiger partial charge in [0.1, 0.15) is 40.3 Å². The first-order valence-electron chi connectivity index (χ1n) is 16.9. The minimum atomic E-state index is -1.70. The number of phenolic OH excluding ortho intramolecular Hbond substituents is 1. The largest absolute Gasteiger partial charge is 1.00 e. The van der Waals surface area contributed by atoms with E-state index in [1.165, 1.54) is 79.0 Å². The lowest BCUT2D eigenvalue weighted by Gasteiger charge is -2.38. The monoisotopic (exact) mass is 734 g/mol. The molecule has 0 saturated carbocycles. The van der Waals surface area contributed by atoms with Gasteiger partial charge in [-0.3, -0.25) is 0 Å². The quantitative estimate of drug-likeness (QED) is 0.0868. The van der Waals surface area contributed by atoms with Crippen LogP contribution in [0.25, 0.3) is 0 Å². The van der Waals surface area contributed by atoms with Crippen molar-refractivity contribution >= 4 is 23.2 Å². The molecule has 4 aromatic rings. The summed E-state index contributed by atoms with van der Waals surface area (Å²) in [5.41, 5.74) is 4.17. The average Bonchev–Trinajstić information content (AvgIpc) is 3.06. The normalized spacial score (nSPS) is 16.0. The van der Waals surface area contributed by atoms with E-state index in [9.17, 15) is 5.11 Å². The van der Waals surface area contributed by atoms with Crippen molar-refractivity contribution in [2.75, 3.05) is 6.16 Å². The molecule has 1 aliphatic rings. The fraction of sp³-hybridized carbons (Fsp3) is 0.415. The maximum absolute atomic E-state index is 10.5. The Balaban J connectivity index is 0.00000461. The number of fused-ring (bicyclic) bond motifs is 1. The van der Waals surface area contributed by atoms with Gasteiger partial charge in [-0.15, -0.1) is 0 Å². The second kappa shape index (κ2) is 16.5. The number of rotatable bonds is 14. The molecule has 45 heavy (non-hydrogen) atoms. The van der Waals surface area contributed by atoms with Crippen LogP contribution in [0.2, 0.25) is 0 Å². The van der Waals surface area contributed by atoms with Crippen LogP contribution in [0.4, 0.5) is 0 Å². The van der Waals surface area contributed by atoms with Gasteiger partial charge >= 0.3 is 0 Å². The van der Waals surface area contributed by atoms with Gasteiger partial charge in [-0.1, -0.05) is 86.7 Å². The van der Waals surface area contributed by atoms with E-state index in [1.54, 1.807) is 0 Å². The molecule has 1 aliphatic heterocycles. The van der Waals surface area contributed by atoms with E-state index in [0.717, 1.165) is 41.7 Å². The zero-order chi connectivity index (χ0) is 31.0. The van der Waals surface area contributed by atoms with Crippen LogP contribution in [-0.4, -0.2) is 16.9 Å². The van der Waals surface area contributed by atoms with Crippen LogP contribution < -0.4 is 44.6 Å². The van der Waals surface area contributed by atoms with Crippen molar-refractivity contribution in [3.05, 3.63) is 113 Å². The van der Waals surface area contributed by atoms with E-state index in [0.29, 0.717) is 5.75 Å². The van der Waals surface area contributed by atoms with Crippen molar-refractivity contribution in [2.45, 2.75) is 104 Å². The van der Waals surface area contributed by atoms with Crippen molar-refractivity contribution < 1.29 is 33.8 Å². The Labute approximate surface area is 290 Å². The van der Waals surface area contributed by atoms with E-state index in [-0.39, 0.29) is 29.6 Å². The van der Waals surface area contributed by atoms with Crippen LogP contribution in [-0.2, 0) is 6.42 Å². The Morgan fingerprint density at radius 3 is 1.56 bits per heavy atom. The van der Waals surface area contributed by atoms with Gasteiger partial charge < -0.3 is 33.8 Å². The standard InChI is InChI=1S/C41H51O2P.HI/c1-32-33(2)40-38(34(3)39(32)42)28-30-41(4,43-40)29-20-9-7-5-6-8-10-21-31-44(35-22-14-11-15-23-35,36-24-16-12-17-25-36)37-26-18-13-19-27-37;/h11-19,22-27H,5-10,20-21,28-31H2,1-4H3;1H. The lowest BCUT2D eigenvalue weighted by molar-refractivity contribution is -0.0000153. The number of hydrogen-bond donors (Lipinski definition) is 1. The third-order valence-electron chi connectivity index (χ3n) is 10.1. The maximum Gasteiger partial charge on any atom is 0.127 e. The smallest absolute Gasteiger partial charge is 0.127 e. The SMILES string of the molecule is Cc1c(C)c2c(c(C)c1O)CCC(C)(CCCCCCCCCC[P+](c1ccccc1)(c1ccccc1)c1ccccc1)O2.[I-]. The van der Waals surface area contributed by atoms with E-state index in [1.807, 2.05) is 13.8 Å². The number of halogens is 1. The molecule has 4 heteroatoms. The Morgan fingerprint density at radius 2 is 1.07 bits per heavy atom. The number of aromatic hydroxyl groups is 1. The topological polar surface area (TPSA) is 29.5 Å². The third-order valence-corrected chi connectivity index (χ3v) is 14.7. The molecule has 0 aromatic heterocycles. The third kappa shape index (κ3) is 8.14. The molecule has 0 amide bonds. The summed E-state index contributed by atoms with van der Waals surface area (Å²) < 4.78 is 6.65. The summed E-state index contributed by atoms with van der Waals surface area (Å²) in [6, 6.07) is 33.9. The van der Waals surface area contributed by atoms with Crippen LogP contribution in [0.5, 0.6) is 11.5 Å². The highest BCUT2D eigenvalue weighted by atomic mass is 127. The molecule has 1 N–H and O–H groups in total. The van der Waals surface area contributed by atoms with E-state index in [4.69, 9.17) is 4.74 Å². The molecule has 5 rings (SSSR count). The zero-order valence-corrected chi connectivity index (χ0v) is 30.9. The van der Waals surface area contributed by atoms with Crippen LogP contribution in [0.1, 0.15) is 93.4 Å². The van der Waals surface area contributed by atoms with E-state index < -0.39 is 7.26 Å². The lowest BCUT2D eigenvalue weighted by Crippen LogP contribution is -3.00. The second-order valence-electron chi connectivity index (χ2n) is 13.2. The van der Waals surface area contributed by atoms with Crippen LogP contribution in [0, 0.1) is 20.8 Å². The highest BCUT2D eigenvalue weighted by molar-refractivity contribution is 7.95. The van der Waals surface area contributed by atoms with E-state index in [2.05, 4.69) is 105 Å². The van der Waals surface area contributed by atoms with Crippen LogP contribution >= 0.6 is 7.26 Å². The first kappa shape index (κ1) is 35.5. The summed E-state index contributed by atoms with van der Waals surface area (Å²) in [4.78, 5) is 0. The Kier molecular flexibility index (Phi) is 13.0. The molecule has 0 aliphatic carbocycles. The molecular formula is C41H52IO2P. The molecule has 4 aromatic carbocycles. The minimum Gasteiger partial charge on any atom is -1.00 e. The summed E-state index contributed by atoms with van der Waals surface area (Å²) >= 11 is 0. The molecule has 0 bridgehead atoms. The number of hydrogen-bond acceptors (Lipinski definition) is 2. The summed E-state index contributed by atoms with van der Waals surface area (Å²) in [6.07, 6.45) is 14.7. The fourth-order valence-electron chi connectivity index (χ4n) is 7.26. The number of ether oxygens (including phenoxy) is 1. The zero-order valence-electron chi connectivity index (χ0n) is 27.8. The first-order valence-corrected chi connectivity index (χ1v) is 18.9. The Hall–Kier alpha value is -2.36. The van der Waals surface area contributed by atoms with E-state index >= 15 is 0 Å². The lowest BCUT2D eigenvalue weighted by atomic mass is 9.84. The van der Waals surface area contributed by atoms with Gasteiger partial charge in [-0.25, -0.2) is 0 Å². The number of unbranched alkanes of at least 4 members (excludes halogenated alkanes) is 7. The van der Waals surface area contributed by atoms with Gasteiger partial charge in [0.2, 0.25) is 0 Å². The molecule has 0 spiro atoms. The van der Waals surface area contributed by atoms with Gasteiger partial charge in [-0.05, 0) is 119 Å². The summed E-state index contributed by atoms with van der Waals surface area (Å²) in [6.45, 7) is 8.41. The van der Waals surface area contributed by atoms with Crippen molar-refractivity contribution in [2.24, 2.45) is 0 Å². The van der Waals surface area contributed by atoms with Gasteiger partial charge in [0.15, 0.2) is 0 Å². The predicted molar refractivity (Wildman–Crippen MR) is 191 cm³/mol. The molecule has 0 saturated heterocycles. The molecule has 2 nitrogen and oxygen atoms in total. The Morgan fingerprint density at radius 1 is 0.622 bits per heavy atom. The number of phenols is 1. The predicted octanol–water partition coefficient (Wildman–Crippen LogP) is 6.91. The maximum atomic E-state index is 10.5. The van der Waals surface area contributed by atoms with Gasteiger partial charge in [0, 0.05) is 5.56 Å². The molecular weight excluding hydrogens is 682 g/mol. The summed E-state index contributed by atoms with van der Waals surface area (Å²) in [7, 11) is -1.70. The fourth-order valence-corrected chi connectivity index (χ4v) is 11.7. The van der Waals surface area contributed by atoms with Crippen molar-refractivity contribution in [3.8, 4) is 11.5 Å². The van der Waals surface area contributed by atoms with Gasteiger partial charge in [0.25, 0.3) is 0 Å². The van der Waals surface area contributed by atoms with Crippen molar-refractivity contribution in [1.82, 2.24) is 0 Å². The van der Waals surface area contributed by atoms with Gasteiger partial charge in [0.05, 0.1) is 6.16 Å². The highest BCUT2D eigenvalue weighted by Gasteiger charge is 2.44. The minimum absolute atomic E-state index is 0. The first-order chi connectivity index (χ1) is 21.4. The highest BCUT2D eigenvalue weighted by Crippen LogP contribution is 2.56. The molecule has 1 unspecified atom stereocenters. The second-order valence-corrected chi connectivity index (χ2v) is 16.8. The van der Waals surface area contributed by atoms with Gasteiger partial charge in [-0.2, -0.15) is 0 Å². The van der Waals surface area contributed by atoms with Crippen molar-refractivity contribution in [1.29, 1.82) is 0 Å². The molecule has 0 radical (unpaired) electrons. The Bertz CT molecular complexity index is 1390. The molecule has 1 heterocycles.